The Labute approximate surface area is 140 Å². The molecule has 3 rings (SSSR count). The standard InChI is InChI=1S/C19H19N3O2/c1-3-11-22-17(13-21-12-5-4-6-19(21)22)15-7-9-16(10-8-15)20-18(23)14-24-2/h3-10,12-13H,1,11,14H2,2H3/p+1. The van der Waals surface area contributed by atoms with Crippen LogP contribution in [0.2, 0.25) is 0 Å². The van der Waals surface area contributed by atoms with Crippen LogP contribution in [0.5, 0.6) is 0 Å². The average Bonchev–Trinajstić information content (AvgIpc) is 2.95. The molecule has 5 heteroatoms. The van der Waals surface area contributed by atoms with E-state index < -0.39 is 0 Å². The lowest BCUT2D eigenvalue weighted by Gasteiger charge is -2.05. The first-order valence-electron chi connectivity index (χ1n) is 7.72. The molecular weight excluding hydrogens is 302 g/mol. The number of aromatic nitrogens is 2. The highest BCUT2D eigenvalue weighted by Crippen LogP contribution is 2.22. The second kappa shape index (κ2) is 7.10. The van der Waals surface area contributed by atoms with Gasteiger partial charge >= 0.3 is 0 Å². The van der Waals surface area contributed by atoms with Gasteiger partial charge in [0.1, 0.15) is 19.3 Å². The van der Waals surface area contributed by atoms with Gasteiger partial charge in [0.25, 0.3) is 5.65 Å². The van der Waals surface area contributed by atoms with E-state index in [2.05, 4.69) is 33.1 Å². The zero-order valence-electron chi connectivity index (χ0n) is 13.6. The number of imidazole rings is 1. The molecule has 3 aromatic rings. The lowest BCUT2D eigenvalue weighted by molar-refractivity contribution is -0.510. The molecule has 5 nitrogen and oxygen atoms in total. The summed E-state index contributed by atoms with van der Waals surface area (Å²) in [6.45, 7) is 4.62. The van der Waals surface area contributed by atoms with Gasteiger partial charge in [0.2, 0.25) is 5.91 Å². The van der Waals surface area contributed by atoms with E-state index in [1.807, 2.05) is 48.7 Å². The van der Waals surface area contributed by atoms with Gasteiger partial charge in [-0.3, -0.25) is 4.79 Å². The summed E-state index contributed by atoms with van der Waals surface area (Å²) < 4.78 is 9.11. The van der Waals surface area contributed by atoms with Crippen LogP contribution in [0.25, 0.3) is 16.9 Å². The van der Waals surface area contributed by atoms with Crippen molar-refractivity contribution >= 4 is 17.2 Å². The lowest BCUT2D eigenvalue weighted by Crippen LogP contribution is -2.17. The van der Waals surface area contributed by atoms with Gasteiger partial charge in [0.05, 0.1) is 6.20 Å². The summed E-state index contributed by atoms with van der Waals surface area (Å²) in [6.07, 6.45) is 6.00. The first-order chi connectivity index (χ1) is 11.7. The van der Waals surface area contributed by atoms with Crippen LogP contribution in [0.15, 0.2) is 67.5 Å². The SMILES string of the molecule is C=CCn1c(-c2ccc(NC(=O)COC)cc2)c[n+]2ccccc12. The smallest absolute Gasteiger partial charge is 0.286 e. The molecule has 0 unspecified atom stereocenters. The van der Waals surface area contributed by atoms with Crippen molar-refractivity contribution < 1.29 is 13.9 Å². The van der Waals surface area contributed by atoms with Crippen molar-refractivity contribution in [2.75, 3.05) is 19.0 Å². The van der Waals surface area contributed by atoms with Crippen LogP contribution in [0.3, 0.4) is 0 Å². The van der Waals surface area contributed by atoms with Crippen molar-refractivity contribution in [2.45, 2.75) is 6.54 Å². The molecule has 0 aliphatic rings. The number of ether oxygens (including phenoxy) is 1. The number of carbonyl (C=O) groups is 1. The largest absolute Gasteiger partial charge is 0.375 e. The minimum absolute atomic E-state index is 0.0476. The first-order valence-corrected chi connectivity index (χ1v) is 7.72. The molecule has 0 bridgehead atoms. The molecule has 0 saturated carbocycles. The number of benzene rings is 1. The number of pyridine rings is 1. The minimum Gasteiger partial charge on any atom is -0.375 e. The Hall–Kier alpha value is -2.92. The van der Waals surface area contributed by atoms with Gasteiger partial charge < -0.3 is 10.1 Å². The molecule has 122 valence electrons. The fourth-order valence-corrected chi connectivity index (χ4v) is 2.71. The van der Waals surface area contributed by atoms with Crippen molar-refractivity contribution in [3.8, 4) is 11.3 Å². The molecule has 0 spiro atoms. The van der Waals surface area contributed by atoms with E-state index in [0.717, 1.165) is 29.1 Å². The van der Waals surface area contributed by atoms with Crippen LogP contribution in [0.4, 0.5) is 5.69 Å². The Morgan fingerprint density at radius 3 is 2.79 bits per heavy atom. The predicted molar refractivity (Wildman–Crippen MR) is 93.7 cm³/mol. The zero-order valence-corrected chi connectivity index (χ0v) is 13.6. The minimum atomic E-state index is -0.165. The number of methoxy groups -OCH3 is 1. The van der Waals surface area contributed by atoms with E-state index in [1.54, 1.807) is 0 Å². The molecule has 24 heavy (non-hydrogen) atoms. The van der Waals surface area contributed by atoms with Gasteiger partial charge in [-0.1, -0.05) is 18.7 Å². The molecule has 0 radical (unpaired) electrons. The van der Waals surface area contributed by atoms with E-state index in [0.29, 0.717) is 0 Å². The van der Waals surface area contributed by atoms with Crippen molar-refractivity contribution in [1.82, 2.24) is 4.57 Å². The maximum absolute atomic E-state index is 11.6. The molecule has 2 heterocycles. The molecule has 1 N–H and O–H groups in total. The Morgan fingerprint density at radius 2 is 2.08 bits per heavy atom. The summed E-state index contributed by atoms with van der Waals surface area (Å²) >= 11 is 0. The van der Waals surface area contributed by atoms with Crippen molar-refractivity contribution in [1.29, 1.82) is 0 Å². The van der Waals surface area contributed by atoms with Crippen LogP contribution in [0.1, 0.15) is 0 Å². The highest BCUT2D eigenvalue weighted by Gasteiger charge is 2.17. The predicted octanol–water partition coefficient (Wildman–Crippen LogP) is 2.66. The maximum Gasteiger partial charge on any atom is 0.286 e. The van der Waals surface area contributed by atoms with Crippen molar-refractivity contribution in [3.63, 3.8) is 0 Å². The zero-order chi connectivity index (χ0) is 16.9. The highest BCUT2D eigenvalue weighted by molar-refractivity contribution is 5.91. The second-order valence-electron chi connectivity index (χ2n) is 5.44. The van der Waals surface area contributed by atoms with Crippen molar-refractivity contribution in [2.24, 2.45) is 0 Å². The molecule has 0 saturated heterocycles. The normalized spacial score (nSPS) is 10.7. The fraction of sp³-hybridized carbons (Fsp3) is 0.158. The monoisotopic (exact) mass is 322 g/mol. The summed E-state index contributed by atoms with van der Waals surface area (Å²) in [5, 5.41) is 2.80. The van der Waals surface area contributed by atoms with E-state index in [1.165, 1.54) is 7.11 Å². The summed E-state index contributed by atoms with van der Waals surface area (Å²) in [6, 6.07) is 13.9. The van der Waals surface area contributed by atoms with Gasteiger partial charge in [-0.15, -0.1) is 0 Å². The van der Waals surface area contributed by atoms with Crippen LogP contribution in [0, 0.1) is 0 Å². The first kappa shape index (κ1) is 16.0. The molecule has 1 amide bonds. The summed E-state index contributed by atoms with van der Waals surface area (Å²) in [7, 11) is 1.50. The summed E-state index contributed by atoms with van der Waals surface area (Å²) in [5.41, 5.74) is 4.02. The van der Waals surface area contributed by atoms with Crippen LogP contribution < -0.4 is 9.72 Å². The molecule has 0 aliphatic heterocycles. The van der Waals surface area contributed by atoms with E-state index in [9.17, 15) is 4.79 Å². The molecular formula is C19H20N3O2+. The van der Waals surface area contributed by atoms with Crippen molar-refractivity contribution in [3.05, 3.63) is 67.5 Å². The highest BCUT2D eigenvalue weighted by atomic mass is 16.5. The number of rotatable bonds is 6. The Balaban J connectivity index is 1.94. The van der Waals surface area contributed by atoms with E-state index in [4.69, 9.17) is 4.74 Å². The van der Waals surface area contributed by atoms with E-state index in [-0.39, 0.29) is 12.5 Å². The summed E-state index contributed by atoms with van der Waals surface area (Å²) in [4.78, 5) is 11.6. The quantitative estimate of drug-likeness (QED) is 0.560. The molecule has 1 aromatic carbocycles. The number of amides is 1. The van der Waals surface area contributed by atoms with Crippen LogP contribution >= 0.6 is 0 Å². The number of allylic oxidation sites excluding steroid dienone is 1. The third-order valence-electron chi connectivity index (χ3n) is 3.75. The molecule has 2 aromatic heterocycles. The fourth-order valence-electron chi connectivity index (χ4n) is 2.71. The van der Waals surface area contributed by atoms with Gasteiger partial charge in [0.15, 0.2) is 5.69 Å². The lowest BCUT2D eigenvalue weighted by atomic mass is 10.1. The van der Waals surface area contributed by atoms with Gasteiger partial charge in [-0.05, 0) is 30.3 Å². The van der Waals surface area contributed by atoms with Crippen LogP contribution in [-0.4, -0.2) is 24.2 Å². The molecule has 0 fully saturated rings. The average molecular weight is 322 g/mol. The van der Waals surface area contributed by atoms with Gasteiger partial charge in [-0.25, -0.2) is 8.97 Å². The Kier molecular flexibility index (Phi) is 4.72. The number of fused-ring (bicyclic) bond motifs is 1. The number of anilines is 1. The van der Waals surface area contributed by atoms with Gasteiger partial charge in [-0.2, -0.15) is 0 Å². The molecule has 0 aliphatic carbocycles. The number of carbonyl (C=O) groups excluding carboxylic acids is 1. The second-order valence-corrected chi connectivity index (χ2v) is 5.44. The molecule has 0 atom stereocenters. The van der Waals surface area contributed by atoms with Gasteiger partial charge in [0, 0.05) is 24.4 Å². The third-order valence-corrected chi connectivity index (χ3v) is 3.75. The number of hydrogen-bond donors (Lipinski definition) is 1. The van der Waals surface area contributed by atoms with E-state index >= 15 is 0 Å². The maximum atomic E-state index is 11.6. The Morgan fingerprint density at radius 1 is 1.29 bits per heavy atom. The number of nitrogens with zero attached hydrogens (tertiary/aromatic N) is 2. The number of nitrogens with one attached hydrogen (secondary N) is 1. The number of hydrogen-bond acceptors (Lipinski definition) is 2. The third kappa shape index (κ3) is 3.21. The van der Waals surface area contributed by atoms with Crippen LogP contribution in [-0.2, 0) is 16.1 Å². The Bertz CT molecular complexity index is 866. The topological polar surface area (TPSA) is 47.4 Å². The summed E-state index contributed by atoms with van der Waals surface area (Å²) in [5.74, 6) is -0.165.